The van der Waals surface area contributed by atoms with Gasteiger partial charge in [-0.2, -0.15) is 13.2 Å². The van der Waals surface area contributed by atoms with Crippen molar-refractivity contribution in [3.63, 3.8) is 0 Å². The molecule has 1 N–H and O–H groups in total. The lowest BCUT2D eigenvalue weighted by Crippen LogP contribution is -2.53. The maximum Gasteiger partial charge on any atom is 0.452 e. The summed E-state index contributed by atoms with van der Waals surface area (Å²) in [6, 6.07) is 6.59. The first-order valence-corrected chi connectivity index (χ1v) is 11.6. The molecule has 2 heterocycles. The molecule has 2 aromatic rings. The number of carbonyl (C=O) groups excluding carboxylic acids is 2. The first kappa shape index (κ1) is 26.6. The number of methoxy groups -OCH3 is 2. The Labute approximate surface area is 219 Å². The molecule has 0 spiro atoms. The van der Waals surface area contributed by atoms with Crippen molar-refractivity contribution in [1.29, 1.82) is 0 Å². The molecule has 0 bridgehead atoms. The van der Waals surface area contributed by atoms with Crippen LogP contribution in [-0.2, 0) is 11.0 Å². The van der Waals surface area contributed by atoms with E-state index in [0.717, 1.165) is 23.1 Å². The summed E-state index contributed by atoms with van der Waals surface area (Å²) in [5, 5.41) is 4.23. The lowest BCUT2D eigenvalue weighted by molar-refractivity contribution is -0.137. The number of quaternary nitrogens is 1. The van der Waals surface area contributed by atoms with Gasteiger partial charge in [0.2, 0.25) is 3.79 Å². The molecule has 0 aromatic heterocycles. The Bertz CT molecular complexity index is 1240. The number of nitrogens with one attached hydrogen (secondary N) is 1. The summed E-state index contributed by atoms with van der Waals surface area (Å²) in [7, 11) is 4.15. The van der Waals surface area contributed by atoms with Gasteiger partial charge in [0.05, 0.1) is 25.5 Å². The number of fused-ring (bicyclic) bond motifs is 1. The highest BCUT2D eigenvalue weighted by atomic mass is 35.6. The van der Waals surface area contributed by atoms with E-state index in [9.17, 15) is 22.8 Å². The van der Waals surface area contributed by atoms with E-state index in [4.69, 9.17) is 44.3 Å². The summed E-state index contributed by atoms with van der Waals surface area (Å²) in [4.78, 5) is 27.2. The predicted molar refractivity (Wildman–Crippen MR) is 129 cm³/mol. The van der Waals surface area contributed by atoms with Crippen molar-refractivity contribution >= 4 is 58.1 Å². The van der Waals surface area contributed by atoms with Crippen molar-refractivity contribution in [3.05, 3.63) is 47.5 Å². The third kappa shape index (κ3) is 3.93. The molecular formula is C22H21Cl3F3N4O4+. The van der Waals surface area contributed by atoms with E-state index in [1.54, 1.807) is 19.1 Å². The molecule has 4 unspecified atom stereocenters. The highest BCUT2D eigenvalue weighted by Gasteiger charge is 2.86. The van der Waals surface area contributed by atoms with E-state index >= 15 is 0 Å². The lowest BCUT2D eigenvalue weighted by atomic mass is 10.1. The predicted octanol–water partition coefficient (Wildman–Crippen LogP) is 5.30. The summed E-state index contributed by atoms with van der Waals surface area (Å²) in [5.41, 5.74) is -0.128. The third-order valence-electron chi connectivity index (χ3n) is 6.26. The van der Waals surface area contributed by atoms with Crippen molar-refractivity contribution < 1.29 is 32.2 Å². The van der Waals surface area contributed by atoms with Crippen LogP contribution in [0.4, 0.5) is 29.3 Å². The van der Waals surface area contributed by atoms with Crippen LogP contribution in [0.2, 0.25) is 0 Å². The van der Waals surface area contributed by atoms with Gasteiger partial charge >= 0.3 is 24.3 Å². The van der Waals surface area contributed by atoms with E-state index in [0.29, 0.717) is 22.7 Å². The van der Waals surface area contributed by atoms with Gasteiger partial charge in [0.15, 0.2) is 11.9 Å². The average molecular weight is 569 g/mol. The molecule has 2 aliphatic heterocycles. The number of likely N-dealkylation sites (N-methyl/N-ethyl adjacent to an activating group) is 1. The SMILES string of the molecule is COc1ccc(NC(N2C3C(=O)N(C)C(=O)[N+]32c2cccc(C(F)(F)F)c2)C(Cl)(Cl)Cl)c(OC)c1C. The maximum atomic E-state index is 13.5. The molecule has 14 heteroatoms. The van der Waals surface area contributed by atoms with Gasteiger partial charge in [-0.15, -0.1) is 0 Å². The van der Waals surface area contributed by atoms with Crippen LogP contribution >= 0.6 is 34.8 Å². The number of ether oxygens (including phenoxy) is 2. The molecular weight excluding hydrogens is 548 g/mol. The highest BCUT2D eigenvalue weighted by molar-refractivity contribution is 6.68. The molecule has 2 fully saturated rings. The van der Waals surface area contributed by atoms with Gasteiger partial charge < -0.3 is 14.8 Å². The van der Waals surface area contributed by atoms with Gasteiger partial charge in [0.25, 0.3) is 0 Å². The number of urea groups is 1. The van der Waals surface area contributed by atoms with Crippen LogP contribution in [0.15, 0.2) is 36.4 Å². The van der Waals surface area contributed by atoms with Gasteiger partial charge in [-0.1, -0.05) is 45.5 Å². The Balaban J connectivity index is 1.84. The Kier molecular flexibility index (Phi) is 6.54. The van der Waals surface area contributed by atoms with Crippen LogP contribution in [0.1, 0.15) is 11.1 Å². The number of carbonyl (C=O) groups is 2. The second-order valence-electron chi connectivity index (χ2n) is 8.23. The topological polar surface area (TPSA) is 70.9 Å². The Morgan fingerprint density at radius 1 is 1.08 bits per heavy atom. The lowest BCUT2D eigenvalue weighted by Gasteiger charge is -2.29. The number of halogens is 6. The second kappa shape index (κ2) is 8.84. The average Bonchev–Trinajstić information content (AvgIpc) is 3.44. The summed E-state index contributed by atoms with van der Waals surface area (Å²) in [6.45, 7) is 1.74. The number of nitrogens with zero attached hydrogens (tertiary/aromatic N) is 3. The van der Waals surface area contributed by atoms with Crippen molar-refractivity contribution in [2.75, 3.05) is 26.6 Å². The molecule has 8 nitrogen and oxygen atoms in total. The van der Waals surface area contributed by atoms with Crippen LogP contribution in [-0.4, -0.2) is 59.2 Å². The van der Waals surface area contributed by atoms with Crippen LogP contribution in [0.5, 0.6) is 11.5 Å². The highest BCUT2D eigenvalue weighted by Crippen LogP contribution is 2.55. The normalized spacial score (nSPS) is 24.4. The number of hydrogen-bond acceptors (Lipinski definition) is 6. The molecule has 4 atom stereocenters. The molecule has 2 aromatic carbocycles. The number of benzene rings is 2. The summed E-state index contributed by atoms with van der Waals surface area (Å²) in [6.07, 6.45) is -7.26. The van der Waals surface area contributed by atoms with Gasteiger partial charge in [-0.3, -0.25) is 4.79 Å². The standard InChI is InChI=1S/C22H21Cl3F3N4O4/c1-11-15(35-3)9-8-14(16(11)36-4)29-19(21(23,24)25)31-17-18(33)30(2)20(34)32(17,31)13-7-5-6-12(10-13)22(26,27)28/h5-10,17,19,29H,1-4H3/q+1. The molecule has 2 aliphatic rings. The van der Waals surface area contributed by atoms with Crippen LogP contribution < -0.4 is 19.4 Å². The number of anilines is 1. The minimum Gasteiger partial charge on any atom is -0.496 e. The minimum absolute atomic E-state index is 0.101. The van der Waals surface area contributed by atoms with E-state index in [1.165, 1.54) is 32.3 Å². The Hall–Kier alpha value is -2.44. The zero-order chi connectivity index (χ0) is 26.8. The van der Waals surface area contributed by atoms with Gasteiger partial charge in [0.1, 0.15) is 11.5 Å². The first-order valence-electron chi connectivity index (χ1n) is 10.4. The largest absolute Gasteiger partial charge is 0.496 e. The maximum absolute atomic E-state index is 13.5. The molecule has 194 valence electrons. The molecule has 36 heavy (non-hydrogen) atoms. The third-order valence-corrected chi connectivity index (χ3v) is 6.88. The van der Waals surface area contributed by atoms with Gasteiger partial charge in [-0.05, 0) is 30.1 Å². The van der Waals surface area contributed by atoms with Gasteiger partial charge in [0, 0.05) is 24.7 Å². The Morgan fingerprint density at radius 2 is 1.75 bits per heavy atom. The quantitative estimate of drug-likeness (QED) is 0.221. The fourth-order valence-corrected chi connectivity index (χ4v) is 5.03. The summed E-state index contributed by atoms with van der Waals surface area (Å²) < 4.78 is 48.2. The number of amides is 3. The number of hydrogen-bond donors (Lipinski definition) is 1. The van der Waals surface area contributed by atoms with Crippen LogP contribution in [0, 0.1) is 6.92 Å². The second-order valence-corrected chi connectivity index (χ2v) is 10.6. The molecule has 3 amide bonds. The monoisotopic (exact) mass is 567 g/mol. The van der Waals surface area contributed by atoms with Gasteiger partial charge in [-0.25, -0.2) is 9.69 Å². The fraction of sp³-hybridized carbons (Fsp3) is 0.364. The zero-order valence-electron chi connectivity index (χ0n) is 19.4. The minimum atomic E-state index is -4.68. The van der Waals surface area contributed by atoms with E-state index in [1.807, 2.05) is 0 Å². The molecule has 0 saturated carbocycles. The van der Waals surface area contributed by atoms with Crippen molar-refractivity contribution in [2.45, 2.75) is 29.2 Å². The van der Waals surface area contributed by atoms with Crippen molar-refractivity contribution in [2.24, 2.45) is 0 Å². The smallest absolute Gasteiger partial charge is 0.452 e. The molecule has 0 radical (unpaired) electrons. The molecule has 0 aliphatic carbocycles. The van der Waals surface area contributed by atoms with Crippen LogP contribution in [0.3, 0.4) is 0 Å². The molecule has 4 rings (SSSR count). The van der Waals surface area contributed by atoms with Crippen LogP contribution in [0.25, 0.3) is 0 Å². The van der Waals surface area contributed by atoms with E-state index in [-0.39, 0.29) is 5.69 Å². The van der Waals surface area contributed by atoms with Crippen molar-refractivity contribution in [1.82, 2.24) is 14.5 Å². The Morgan fingerprint density at radius 3 is 2.31 bits per heavy atom. The number of imide groups is 1. The number of alkyl halides is 6. The van der Waals surface area contributed by atoms with E-state index in [2.05, 4.69) is 5.32 Å². The zero-order valence-corrected chi connectivity index (χ0v) is 21.6. The number of rotatable bonds is 6. The fourth-order valence-electron chi connectivity index (χ4n) is 4.56. The molecule has 2 saturated heterocycles. The van der Waals surface area contributed by atoms with E-state index < -0.39 is 44.4 Å². The first-order chi connectivity index (χ1) is 16.7. The summed E-state index contributed by atoms with van der Waals surface area (Å²) >= 11 is 18.9. The van der Waals surface area contributed by atoms with Crippen molar-refractivity contribution in [3.8, 4) is 11.5 Å². The summed E-state index contributed by atoms with van der Waals surface area (Å²) in [5.74, 6) is 0.210.